The van der Waals surface area contributed by atoms with Crippen LogP contribution in [0, 0.1) is 0 Å². The minimum atomic E-state index is 0.326. The lowest BCUT2D eigenvalue weighted by molar-refractivity contribution is 0.290. The molecule has 0 bridgehead atoms. The minimum absolute atomic E-state index is 0.326. The fraction of sp³-hybridized carbons (Fsp3) is 0.478. The van der Waals surface area contributed by atoms with Crippen molar-refractivity contribution in [3.05, 3.63) is 64.9 Å². The molecule has 132 valence electrons. The van der Waals surface area contributed by atoms with Gasteiger partial charge in [0.15, 0.2) is 0 Å². The quantitative estimate of drug-likeness (QED) is 0.860. The molecule has 1 aliphatic heterocycles. The van der Waals surface area contributed by atoms with Crippen molar-refractivity contribution >= 4 is 5.57 Å². The predicted octanol–water partition coefficient (Wildman–Crippen LogP) is 4.43. The lowest BCUT2D eigenvalue weighted by atomic mass is 9.85. The highest BCUT2D eigenvalue weighted by atomic mass is 15.2. The first-order chi connectivity index (χ1) is 12.1. The van der Waals surface area contributed by atoms with E-state index in [1.54, 1.807) is 11.1 Å². The molecule has 0 atom stereocenters. The van der Waals surface area contributed by atoms with Gasteiger partial charge < -0.3 is 10.2 Å². The van der Waals surface area contributed by atoms with E-state index in [0.717, 1.165) is 39.0 Å². The molecule has 3 aliphatic rings. The van der Waals surface area contributed by atoms with Gasteiger partial charge >= 0.3 is 0 Å². The number of rotatable bonds is 2. The van der Waals surface area contributed by atoms with Crippen LogP contribution in [0.15, 0.2) is 48.2 Å². The van der Waals surface area contributed by atoms with Crippen molar-refractivity contribution in [2.45, 2.75) is 44.9 Å². The molecule has 1 fully saturated rings. The summed E-state index contributed by atoms with van der Waals surface area (Å²) in [5.41, 5.74) is 7.67. The van der Waals surface area contributed by atoms with Crippen LogP contribution in [0.4, 0.5) is 0 Å². The molecule has 0 unspecified atom stereocenters. The summed E-state index contributed by atoms with van der Waals surface area (Å²) in [6.45, 7) is 9.24. The van der Waals surface area contributed by atoms with Crippen LogP contribution < -0.4 is 5.32 Å². The Morgan fingerprint density at radius 2 is 1.92 bits per heavy atom. The monoisotopic (exact) mass is 334 g/mol. The van der Waals surface area contributed by atoms with Gasteiger partial charge in [-0.05, 0) is 59.4 Å². The molecule has 1 aromatic carbocycles. The number of nitrogens with one attached hydrogen (secondary N) is 1. The van der Waals surface area contributed by atoms with E-state index in [1.165, 1.54) is 29.7 Å². The first-order valence-corrected chi connectivity index (χ1v) is 9.80. The summed E-state index contributed by atoms with van der Waals surface area (Å²) in [6, 6.07) is 7.12. The van der Waals surface area contributed by atoms with Crippen molar-refractivity contribution in [1.29, 1.82) is 0 Å². The zero-order valence-corrected chi connectivity index (χ0v) is 15.6. The SMILES string of the molecule is CC1(C)CCc2ccc(C3=C\CC/C(N4CCNCC4)=C/C=C\3)cc21. The first kappa shape index (κ1) is 16.7. The lowest BCUT2D eigenvalue weighted by Crippen LogP contribution is -2.42. The maximum absolute atomic E-state index is 3.44. The molecule has 1 saturated heterocycles. The summed E-state index contributed by atoms with van der Waals surface area (Å²) in [7, 11) is 0. The van der Waals surface area contributed by atoms with Crippen LogP contribution in [0.3, 0.4) is 0 Å². The zero-order valence-electron chi connectivity index (χ0n) is 15.6. The van der Waals surface area contributed by atoms with Crippen LogP contribution in [-0.2, 0) is 11.8 Å². The van der Waals surface area contributed by atoms with Gasteiger partial charge in [0.25, 0.3) is 0 Å². The Balaban J connectivity index is 1.55. The number of piperazine rings is 1. The number of nitrogens with zero attached hydrogens (tertiary/aromatic N) is 1. The lowest BCUT2D eigenvalue weighted by Gasteiger charge is -2.31. The highest BCUT2D eigenvalue weighted by Crippen LogP contribution is 2.39. The van der Waals surface area contributed by atoms with E-state index in [2.05, 4.69) is 66.6 Å². The molecule has 1 N–H and O–H groups in total. The second-order valence-corrected chi connectivity index (χ2v) is 8.21. The second kappa shape index (κ2) is 6.84. The fourth-order valence-electron chi connectivity index (χ4n) is 4.41. The van der Waals surface area contributed by atoms with Gasteiger partial charge in [-0.2, -0.15) is 0 Å². The summed E-state index contributed by atoms with van der Waals surface area (Å²) in [4.78, 5) is 2.54. The van der Waals surface area contributed by atoms with Crippen molar-refractivity contribution < 1.29 is 0 Å². The maximum Gasteiger partial charge on any atom is 0.0300 e. The van der Waals surface area contributed by atoms with E-state index < -0.39 is 0 Å². The van der Waals surface area contributed by atoms with Crippen LogP contribution in [0.1, 0.15) is 49.8 Å². The van der Waals surface area contributed by atoms with Gasteiger partial charge in [0.05, 0.1) is 0 Å². The third-order valence-corrected chi connectivity index (χ3v) is 6.04. The van der Waals surface area contributed by atoms with Crippen LogP contribution in [0.2, 0.25) is 0 Å². The third-order valence-electron chi connectivity index (χ3n) is 6.04. The van der Waals surface area contributed by atoms with E-state index in [4.69, 9.17) is 0 Å². The van der Waals surface area contributed by atoms with Crippen molar-refractivity contribution in [3.8, 4) is 0 Å². The average Bonchev–Trinajstić information content (AvgIpc) is 2.90. The highest BCUT2D eigenvalue weighted by Gasteiger charge is 2.29. The van der Waals surface area contributed by atoms with Gasteiger partial charge in [-0.1, -0.05) is 50.3 Å². The Morgan fingerprint density at radius 1 is 1.08 bits per heavy atom. The molecular formula is C23H30N2. The molecule has 0 aromatic heterocycles. The normalized spacial score (nSPS) is 28.2. The van der Waals surface area contributed by atoms with Gasteiger partial charge in [0, 0.05) is 31.9 Å². The van der Waals surface area contributed by atoms with Gasteiger partial charge in [0.1, 0.15) is 0 Å². The van der Waals surface area contributed by atoms with Crippen molar-refractivity contribution in [2.75, 3.05) is 26.2 Å². The Morgan fingerprint density at radius 3 is 2.76 bits per heavy atom. The molecule has 0 saturated carbocycles. The fourth-order valence-corrected chi connectivity index (χ4v) is 4.41. The predicted molar refractivity (Wildman–Crippen MR) is 107 cm³/mol. The third kappa shape index (κ3) is 3.46. The Labute approximate surface area is 152 Å². The number of allylic oxidation sites excluding steroid dienone is 6. The number of aryl methyl sites for hydroxylation is 1. The smallest absolute Gasteiger partial charge is 0.0300 e. The molecule has 0 spiro atoms. The zero-order chi connectivity index (χ0) is 17.3. The van der Waals surface area contributed by atoms with E-state index in [0.29, 0.717) is 5.41 Å². The molecule has 4 rings (SSSR count). The average molecular weight is 335 g/mol. The molecule has 2 nitrogen and oxygen atoms in total. The summed E-state index contributed by atoms with van der Waals surface area (Å²) in [5.74, 6) is 0. The van der Waals surface area contributed by atoms with Crippen molar-refractivity contribution in [3.63, 3.8) is 0 Å². The van der Waals surface area contributed by atoms with Crippen LogP contribution in [0.5, 0.6) is 0 Å². The largest absolute Gasteiger partial charge is 0.372 e. The summed E-state index contributed by atoms with van der Waals surface area (Å²) in [6.07, 6.45) is 14.1. The Kier molecular flexibility index (Phi) is 4.56. The van der Waals surface area contributed by atoms with E-state index >= 15 is 0 Å². The van der Waals surface area contributed by atoms with Crippen molar-refractivity contribution in [1.82, 2.24) is 10.2 Å². The van der Waals surface area contributed by atoms with E-state index in [-0.39, 0.29) is 0 Å². The summed E-state index contributed by atoms with van der Waals surface area (Å²) in [5, 5.41) is 3.44. The van der Waals surface area contributed by atoms with Gasteiger partial charge in [-0.25, -0.2) is 0 Å². The van der Waals surface area contributed by atoms with Gasteiger partial charge in [-0.15, -0.1) is 0 Å². The molecule has 2 aliphatic carbocycles. The first-order valence-electron chi connectivity index (χ1n) is 9.80. The van der Waals surface area contributed by atoms with Crippen LogP contribution in [0.25, 0.3) is 5.57 Å². The van der Waals surface area contributed by atoms with Crippen LogP contribution >= 0.6 is 0 Å². The molecular weight excluding hydrogens is 304 g/mol. The number of hydrogen-bond donors (Lipinski definition) is 1. The van der Waals surface area contributed by atoms with Gasteiger partial charge in [-0.3, -0.25) is 0 Å². The molecule has 25 heavy (non-hydrogen) atoms. The molecule has 2 heteroatoms. The molecule has 0 amide bonds. The number of fused-ring (bicyclic) bond motifs is 1. The standard InChI is InChI=1S/C23H30N2/c1-23(2)12-11-19-9-10-20(17-22(19)23)18-5-3-7-21(8-4-6-18)25-15-13-24-14-16-25/h3,5-7,9-10,17,24H,4,8,11-16H2,1-2H3/b5-3-,18-6-,21-7-. The highest BCUT2D eigenvalue weighted by molar-refractivity contribution is 5.75. The van der Waals surface area contributed by atoms with Gasteiger partial charge in [0.2, 0.25) is 0 Å². The molecule has 1 aromatic rings. The molecule has 1 heterocycles. The Hall–Kier alpha value is -1.80. The summed E-state index contributed by atoms with van der Waals surface area (Å²) < 4.78 is 0. The number of benzene rings is 1. The van der Waals surface area contributed by atoms with Crippen LogP contribution in [-0.4, -0.2) is 31.1 Å². The summed E-state index contributed by atoms with van der Waals surface area (Å²) >= 11 is 0. The van der Waals surface area contributed by atoms with Crippen molar-refractivity contribution in [2.24, 2.45) is 0 Å². The minimum Gasteiger partial charge on any atom is -0.372 e. The van der Waals surface area contributed by atoms with E-state index in [9.17, 15) is 0 Å². The molecule has 0 radical (unpaired) electrons. The Bertz CT molecular complexity index is 730. The second-order valence-electron chi connectivity index (χ2n) is 8.21. The number of hydrogen-bond acceptors (Lipinski definition) is 2. The van der Waals surface area contributed by atoms with E-state index in [1.807, 2.05) is 0 Å². The topological polar surface area (TPSA) is 15.3 Å². The maximum atomic E-state index is 3.44.